The minimum Gasteiger partial charge on any atom is -0.481 e. The van der Waals surface area contributed by atoms with Crippen molar-refractivity contribution in [3.63, 3.8) is 0 Å². The molecule has 0 amide bonds. The number of hydrogen-bond acceptors (Lipinski definition) is 3. The van der Waals surface area contributed by atoms with Gasteiger partial charge in [0.2, 0.25) is 0 Å². The van der Waals surface area contributed by atoms with Crippen LogP contribution in [0.15, 0.2) is 29.3 Å². The first-order valence-electron chi connectivity index (χ1n) is 5.80. The Labute approximate surface area is 110 Å². The Morgan fingerprint density at radius 1 is 1.50 bits per heavy atom. The Kier molecular flexibility index (Phi) is 4.20. The predicted octanol–water partition coefficient (Wildman–Crippen LogP) is 2.54. The maximum Gasteiger partial charge on any atom is 0.303 e. The van der Waals surface area contributed by atoms with Crippen LogP contribution in [-0.4, -0.2) is 29.6 Å². The van der Waals surface area contributed by atoms with Gasteiger partial charge in [0.25, 0.3) is 0 Å². The van der Waals surface area contributed by atoms with Gasteiger partial charge in [-0.25, -0.2) is 0 Å². The van der Waals surface area contributed by atoms with Crippen molar-refractivity contribution in [2.75, 3.05) is 6.54 Å². The third kappa shape index (κ3) is 3.47. The topological polar surface area (TPSA) is 58.9 Å². The summed E-state index contributed by atoms with van der Waals surface area (Å²) >= 11 is 6.05. The van der Waals surface area contributed by atoms with E-state index in [1.54, 1.807) is 0 Å². The van der Waals surface area contributed by atoms with Gasteiger partial charge in [-0.05, 0) is 18.1 Å². The van der Waals surface area contributed by atoms with Gasteiger partial charge in [-0.15, -0.1) is 0 Å². The lowest BCUT2D eigenvalue weighted by Gasteiger charge is -2.10. The number of carbonyl (C=O) groups is 1. The van der Waals surface area contributed by atoms with Crippen LogP contribution in [0.5, 0.6) is 0 Å². The summed E-state index contributed by atoms with van der Waals surface area (Å²) in [5.74, 6) is -0.170. The monoisotopic (exact) mass is 267 g/mol. The van der Waals surface area contributed by atoms with Crippen molar-refractivity contribution in [2.45, 2.75) is 25.4 Å². The van der Waals surface area contributed by atoms with Crippen LogP contribution in [0.3, 0.4) is 0 Å². The first kappa shape index (κ1) is 12.9. The van der Waals surface area contributed by atoms with Gasteiger partial charge in [0, 0.05) is 17.9 Å². The van der Waals surface area contributed by atoms with E-state index in [-0.39, 0.29) is 12.5 Å². The number of aliphatic imine (C=N–C) groups is 1. The molecule has 0 fully saturated rings. The Bertz CT molecular complexity index is 473. The number of carboxylic acids is 1. The molecule has 1 aliphatic rings. The highest BCUT2D eigenvalue weighted by molar-refractivity contribution is 6.31. The highest BCUT2D eigenvalue weighted by atomic mass is 35.5. The van der Waals surface area contributed by atoms with Crippen LogP contribution >= 0.6 is 11.6 Å². The van der Waals surface area contributed by atoms with E-state index in [1.165, 1.54) is 0 Å². The van der Waals surface area contributed by atoms with Crippen LogP contribution in [0.25, 0.3) is 0 Å². The SMILES string of the molecule is O=C(O)CCC1CN=C(Cc2ccccc2Cl)O1. The molecule has 5 heteroatoms. The van der Waals surface area contributed by atoms with Crippen LogP contribution in [0.4, 0.5) is 0 Å². The summed E-state index contributed by atoms with van der Waals surface area (Å²) in [7, 11) is 0. The number of benzene rings is 1. The summed E-state index contributed by atoms with van der Waals surface area (Å²) in [6.45, 7) is 0.535. The van der Waals surface area contributed by atoms with Gasteiger partial charge >= 0.3 is 5.97 Å². The minimum atomic E-state index is -0.807. The molecule has 18 heavy (non-hydrogen) atoms. The summed E-state index contributed by atoms with van der Waals surface area (Å²) < 4.78 is 5.60. The molecular weight excluding hydrogens is 254 g/mol. The molecule has 0 aliphatic carbocycles. The van der Waals surface area contributed by atoms with E-state index >= 15 is 0 Å². The van der Waals surface area contributed by atoms with Crippen molar-refractivity contribution in [3.05, 3.63) is 34.9 Å². The standard InChI is InChI=1S/C13H14ClNO3/c14-11-4-2-1-3-9(11)7-12-15-8-10(18-12)5-6-13(16)17/h1-4,10H,5-8H2,(H,16,17). The molecule has 0 bridgehead atoms. The first-order valence-corrected chi connectivity index (χ1v) is 6.18. The third-order valence-electron chi connectivity index (χ3n) is 2.75. The van der Waals surface area contributed by atoms with Crippen molar-refractivity contribution in [1.29, 1.82) is 0 Å². The predicted molar refractivity (Wildman–Crippen MR) is 69.2 cm³/mol. The van der Waals surface area contributed by atoms with Crippen molar-refractivity contribution >= 4 is 23.5 Å². The zero-order chi connectivity index (χ0) is 13.0. The summed E-state index contributed by atoms with van der Waals surface area (Å²) in [4.78, 5) is 14.7. The zero-order valence-electron chi connectivity index (χ0n) is 9.80. The number of carboxylic acid groups (broad SMARTS) is 1. The molecule has 0 spiro atoms. The van der Waals surface area contributed by atoms with Gasteiger partial charge in [0.1, 0.15) is 6.10 Å². The molecule has 0 aromatic heterocycles. The van der Waals surface area contributed by atoms with E-state index in [2.05, 4.69) is 4.99 Å². The largest absolute Gasteiger partial charge is 0.481 e. The van der Waals surface area contributed by atoms with E-state index in [0.717, 1.165) is 5.56 Å². The zero-order valence-corrected chi connectivity index (χ0v) is 10.6. The Hall–Kier alpha value is -1.55. The molecule has 4 nitrogen and oxygen atoms in total. The second-order valence-corrected chi connectivity index (χ2v) is 4.58. The maximum absolute atomic E-state index is 10.5. The third-order valence-corrected chi connectivity index (χ3v) is 3.12. The Morgan fingerprint density at radius 2 is 2.28 bits per heavy atom. The second-order valence-electron chi connectivity index (χ2n) is 4.17. The summed E-state index contributed by atoms with van der Waals surface area (Å²) in [6, 6.07) is 7.55. The van der Waals surface area contributed by atoms with Crippen LogP contribution in [0, 0.1) is 0 Å². The fraction of sp³-hybridized carbons (Fsp3) is 0.385. The van der Waals surface area contributed by atoms with E-state index in [9.17, 15) is 4.79 Å². The van der Waals surface area contributed by atoms with Crippen LogP contribution in [-0.2, 0) is 16.0 Å². The van der Waals surface area contributed by atoms with Crippen molar-refractivity contribution in [3.8, 4) is 0 Å². The lowest BCUT2D eigenvalue weighted by atomic mass is 10.1. The number of rotatable bonds is 5. The average molecular weight is 268 g/mol. The fourth-order valence-electron chi connectivity index (χ4n) is 1.81. The summed E-state index contributed by atoms with van der Waals surface area (Å²) in [6.07, 6.45) is 1.05. The van der Waals surface area contributed by atoms with Crippen LogP contribution < -0.4 is 0 Å². The van der Waals surface area contributed by atoms with Gasteiger partial charge in [0.05, 0.1) is 6.54 Å². The average Bonchev–Trinajstić information content (AvgIpc) is 2.77. The van der Waals surface area contributed by atoms with Crippen molar-refractivity contribution < 1.29 is 14.6 Å². The van der Waals surface area contributed by atoms with Crippen LogP contribution in [0.2, 0.25) is 5.02 Å². The summed E-state index contributed by atoms with van der Waals surface area (Å²) in [5, 5.41) is 9.29. The van der Waals surface area contributed by atoms with Gasteiger partial charge in [-0.3, -0.25) is 9.79 Å². The molecule has 0 saturated heterocycles. The maximum atomic E-state index is 10.5. The van der Waals surface area contributed by atoms with Gasteiger partial charge < -0.3 is 9.84 Å². The number of hydrogen-bond donors (Lipinski definition) is 1. The lowest BCUT2D eigenvalue weighted by Crippen LogP contribution is -2.15. The molecule has 1 N–H and O–H groups in total. The van der Waals surface area contributed by atoms with E-state index in [4.69, 9.17) is 21.4 Å². The molecule has 1 aliphatic heterocycles. The molecule has 1 heterocycles. The number of aliphatic carboxylic acids is 1. The summed E-state index contributed by atoms with van der Waals surface area (Å²) in [5.41, 5.74) is 0.969. The molecule has 1 atom stereocenters. The van der Waals surface area contributed by atoms with E-state index in [1.807, 2.05) is 24.3 Å². The normalized spacial score (nSPS) is 18.3. The number of halogens is 1. The highest BCUT2D eigenvalue weighted by Gasteiger charge is 2.21. The quantitative estimate of drug-likeness (QED) is 0.892. The molecule has 1 aromatic rings. The molecular formula is C13H14ClNO3. The van der Waals surface area contributed by atoms with Crippen molar-refractivity contribution in [1.82, 2.24) is 0 Å². The van der Waals surface area contributed by atoms with E-state index < -0.39 is 5.97 Å². The second kappa shape index (κ2) is 5.87. The molecule has 1 aromatic carbocycles. The molecule has 0 radical (unpaired) electrons. The number of nitrogens with zero attached hydrogens (tertiary/aromatic N) is 1. The molecule has 2 rings (SSSR count). The van der Waals surface area contributed by atoms with Crippen molar-refractivity contribution in [2.24, 2.45) is 4.99 Å². The molecule has 0 saturated carbocycles. The minimum absolute atomic E-state index is 0.111. The first-order chi connectivity index (χ1) is 8.65. The number of ether oxygens (including phenoxy) is 1. The van der Waals surface area contributed by atoms with Crippen LogP contribution in [0.1, 0.15) is 18.4 Å². The van der Waals surface area contributed by atoms with Gasteiger partial charge in [-0.1, -0.05) is 29.8 Å². The lowest BCUT2D eigenvalue weighted by molar-refractivity contribution is -0.137. The molecule has 1 unspecified atom stereocenters. The smallest absolute Gasteiger partial charge is 0.303 e. The highest BCUT2D eigenvalue weighted by Crippen LogP contribution is 2.19. The van der Waals surface area contributed by atoms with Gasteiger partial charge in [-0.2, -0.15) is 0 Å². The van der Waals surface area contributed by atoms with Gasteiger partial charge in [0.15, 0.2) is 5.90 Å². The van der Waals surface area contributed by atoms with E-state index in [0.29, 0.717) is 30.3 Å². The Morgan fingerprint density at radius 3 is 3.00 bits per heavy atom. The Balaban J connectivity index is 1.86. The fourth-order valence-corrected chi connectivity index (χ4v) is 2.01. The molecule has 96 valence electrons.